The number of benzene rings is 1. The number of carbonyl (C=O) groups excluding carboxylic acids is 1. The number of halogens is 1. The topological polar surface area (TPSA) is 39.2 Å². The Bertz CT molecular complexity index is 950. The number of carbonyl (C=O) groups is 1. The molecule has 0 unspecified atom stereocenters. The Balaban J connectivity index is 0.00000196. The van der Waals surface area contributed by atoms with E-state index in [0.29, 0.717) is 12.2 Å². The zero-order valence-corrected chi connectivity index (χ0v) is 16.5. The highest BCUT2D eigenvalue weighted by molar-refractivity contribution is 7.19. The smallest absolute Gasteiger partial charge is 0.340 e. The molecule has 0 atom stereocenters. The number of hydrogen-bond donors (Lipinski definition) is 0. The van der Waals surface area contributed by atoms with Crippen molar-refractivity contribution in [3.8, 4) is 11.1 Å². The summed E-state index contributed by atoms with van der Waals surface area (Å²) in [5, 5.41) is 1.17. The molecule has 0 saturated carbocycles. The molecule has 0 spiro atoms. The van der Waals surface area contributed by atoms with Crippen molar-refractivity contribution in [2.45, 2.75) is 39.5 Å². The summed E-state index contributed by atoms with van der Waals surface area (Å²) in [7, 11) is 0. The van der Waals surface area contributed by atoms with E-state index in [0.717, 1.165) is 34.5 Å². The lowest BCUT2D eigenvalue weighted by Crippen LogP contribution is -3.00. The summed E-state index contributed by atoms with van der Waals surface area (Å²) < 4.78 is 5.36. The molecule has 0 aliphatic heterocycles. The van der Waals surface area contributed by atoms with Gasteiger partial charge in [-0.05, 0) is 50.7 Å². The van der Waals surface area contributed by atoms with Gasteiger partial charge in [-0.15, -0.1) is 11.3 Å². The zero-order valence-electron chi connectivity index (χ0n) is 15.0. The van der Waals surface area contributed by atoms with Crippen LogP contribution >= 0.6 is 11.3 Å². The Labute approximate surface area is 163 Å². The summed E-state index contributed by atoms with van der Waals surface area (Å²) >= 11 is 1.79. The molecule has 136 valence electrons. The molecule has 1 aromatic carbocycles. The largest absolute Gasteiger partial charge is 1.00 e. The number of rotatable bonds is 3. The Morgan fingerprint density at radius 3 is 2.65 bits per heavy atom. The van der Waals surface area contributed by atoms with E-state index in [1.54, 1.807) is 11.3 Å². The third kappa shape index (κ3) is 3.12. The molecule has 3 nitrogen and oxygen atoms in total. The lowest BCUT2D eigenvalue weighted by molar-refractivity contribution is -0.0000235. The third-order valence-electron chi connectivity index (χ3n) is 4.83. The van der Waals surface area contributed by atoms with Crippen molar-refractivity contribution in [3.05, 3.63) is 52.0 Å². The fourth-order valence-electron chi connectivity index (χ4n) is 3.75. The van der Waals surface area contributed by atoms with Crippen LogP contribution in [0.3, 0.4) is 0 Å². The van der Waals surface area contributed by atoms with E-state index in [-0.39, 0.29) is 18.4 Å². The molecule has 2 heterocycles. The number of hydrogen-bond acceptors (Lipinski definition) is 4. The first-order valence-electron chi connectivity index (χ1n) is 8.88. The highest BCUT2D eigenvalue weighted by Gasteiger charge is 2.26. The molecule has 26 heavy (non-hydrogen) atoms. The van der Waals surface area contributed by atoms with Crippen LogP contribution in [-0.4, -0.2) is 17.6 Å². The van der Waals surface area contributed by atoms with Crippen LogP contribution in [0.4, 0.5) is 0 Å². The van der Waals surface area contributed by atoms with Gasteiger partial charge in [0.15, 0.2) is 0 Å². The molecule has 0 N–H and O–H groups in total. The van der Waals surface area contributed by atoms with Crippen LogP contribution in [-0.2, 0) is 17.6 Å². The van der Waals surface area contributed by atoms with E-state index in [4.69, 9.17) is 9.72 Å². The molecule has 0 fully saturated rings. The molecule has 4 rings (SSSR count). The molecule has 0 amide bonds. The highest BCUT2D eigenvalue weighted by atomic mass is 35.5. The quantitative estimate of drug-likeness (QED) is 0.648. The van der Waals surface area contributed by atoms with Crippen molar-refractivity contribution < 1.29 is 21.9 Å². The Morgan fingerprint density at radius 2 is 1.92 bits per heavy atom. The first-order valence-corrected chi connectivity index (χ1v) is 9.69. The summed E-state index contributed by atoms with van der Waals surface area (Å²) in [6.07, 6.45) is 4.64. The lowest BCUT2D eigenvalue weighted by atomic mass is 9.90. The number of ether oxygens (including phenoxy) is 1. The molecule has 0 saturated heterocycles. The molecule has 0 radical (unpaired) electrons. The first kappa shape index (κ1) is 18.9. The van der Waals surface area contributed by atoms with Crippen LogP contribution in [0.25, 0.3) is 21.3 Å². The predicted molar refractivity (Wildman–Crippen MR) is 102 cm³/mol. The van der Waals surface area contributed by atoms with Crippen LogP contribution in [0.15, 0.2) is 30.3 Å². The minimum absolute atomic E-state index is 0. The van der Waals surface area contributed by atoms with Crippen LogP contribution in [0, 0.1) is 6.92 Å². The fraction of sp³-hybridized carbons (Fsp3) is 0.333. The minimum Gasteiger partial charge on any atom is -1.00 e. The van der Waals surface area contributed by atoms with Crippen molar-refractivity contribution in [1.29, 1.82) is 0 Å². The summed E-state index contributed by atoms with van der Waals surface area (Å²) in [4.78, 5) is 20.0. The van der Waals surface area contributed by atoms with Gasteiger partial charge in [-0.25, -0.2) is 9.78 Å². The van der Waals surface area contributed by atoms with Crippen LogP contribution in [0.5, 0.6) is 0 Å². The highest BCUT2D eigenvalue weighted by Crippen LogP contribution is 2.43. The number of esters is 1. The van der Waals surface area contributed by atoms with E-state index in [2.05, 4.69) is 12.1 Å². The van der Waals surface area contributed by atoms with E-state index in [1.807, 2.05) is 32.0 Å². The molecule has 1 aliphatic rings. The summed E-state index contributed by atoms with van der Waals surface area (Å²) in [6, 6.07) is 10.2. The van der Waals surface area contributed by atoms with Gasteiger partial charge in [0.1, 0.15) is 4.83 Å². The van der Waals surface area contributed by atoms with Crippen LogP contribution in [0.1, 0.15) is 46.3 Å². The average Bonchev–Trinajstić information content (AvgIpc) is 2.99. The molecule has 2 aromatic heterocycles. The van der Waals surface area contributed by atoms with Gasteiger partial charge in [0.25, 0.3) is 0 Å². The minimum atomic E-state index is -0.274. The van der Waals surface area contributed by atoms with Gasteiger partial charge >= 0.3 is 5.97 Å². The Morgan fingerprint density at radius 1 is 1.19 bits per heavy atom. The Hall–Kier alpha value is -1.91. The maximum atomic E-state index is 12.7. The third-order valence-corrected chi connectivity index (χ3v) is 6.01. The van der Waals surface area contributed by atoms with Crippen molar-refractivity contribution in [1.82, 2.24) is 4.98 Å². The SMILES string of the molecule is CCOC(=O)c1c(C)nc2sc3c(c2c1-c1ccccc1)CCCC3.[Cl-]. The first-order chi connectivity index (χ1) is 12.2. The van der Waals surface area contributed by atoms with E-state index >= 15 is 0 Å². The van der Waals surface area contributed by atoms with Gasteiger partial charge in [0.05, 0.1) is 17.9 Å². The molecule has 5 heteroatoms. The summed E-state index contributed by atoms with van der Waals surface area (Å²) in [5.74, 6) is -0.274. The van der Waals surface area contributed by atoms with Gasteiger partial charge in [-0.3, -0.25) is 0 Å². The number of thiophene rings is 1. The van der Waals surface area contributed by atoms with Crippen LogP contribution in [0.2, 0.25) is 0 Å². The number of nitrogens with zero attached hydrogens (tertiary/aromatic N) is 1. The monoisotopic (exact) mass is 386 g/mol. The van der Waals surface area contributed by atoms with Gasteiger partial charge in [0.2, 0.25) is 0 Å². The molecule has 0 bridgehead atoms. The predicted octanol–water partition coefficient (Wildman–Crippen LogP) is 2.33. The maximum absolute atomic E-state index is 12.7. The standard InChI is InChI=1S/C21H21NO2S.ClH/c1-3-24-21(23)17-13(2)22-20-19(15-11-7-8-12-16(15)25-20)18(17)14-9-5-4-6-10-14;/h4-6,9-10H,3,7-8,11-12H2,1-2H3;1H/p-1. The number of fused-ring (bicyclic) bond motifs is 3. The van der Waals surface area contributed by atoms with Gasteiger partial charge < -0.3 is 17.1 Å². The average molecular weight is 387 g/mol. The number of aromatic nitrogens is 1. The second kappa shape index (κ2) is 7.77. The fourth-order valence-corrected chi connectivity index (χ4v) is 5.07. The van der Waals surface area contributed by atoms with Gasteiger partial charge in [-0.2, -0.15) is 0 Å². The molecule has 1 aliphatic carbocycles. The molecule has 3 aromatic rings. The number of pyridine rings is 1. The molecular weight excluding hydrogens is 366 g/mol. The second-order valence-corrected chi connectivity index (χ2v) is 7.51. The number of aryl methyl sites for hydroxylation is 3. The normalized spacial score (nSPS) is 13.2. The van der Waals surface area contributed by atoms with Gasteiger partial charge in [-0.1, -0.05) is 30.3 Å². The van der Waals surface area contributed by atoms with E-state index in [1.165, 1.54) is 28.7 Å². The Kier molecular flexibility index (Phi) is 5.64. The van der Waals surface area contributed by atoms with Crippen molar-refractivity contribution in [2.75, 3.05) is 6.61 Å². The second-order valence-electron chi connectivity index (χ2n) is 6.42. The van der Waals surface area contributed by atoms with Crippen molar-refractivity contribution in [3.63, 3.8) is 0 Å². The van der Waals surface area contributed by atoms with Crippen molar-refractivity contribution in [2.24, 2.45) is 0 Å². The zero-order chi connectivity index (χ0) is 17.4. The van der Waals surface area contributed by atoms with E-state index in [9.17, 15) is 4.79 Å². The maximum Gasteiger partial charge on any atom is 0.340 e. The summed E-state index contributed by atoms with van der Waals surface area (Å²) in [6.45, 7) is 4.12. The lowest BCUT2D eigenvalue weighted by Gasteiger charge is -2.16. The van der Waals surface area contributed by atoms with Crippen LogP contribution < -0.4 is 12.4 Å². The van der Waals surface area contributed by atoms with Crippen molar-refractivity contribution >= 4 is 27.5 Å². The van der Waals surface area contributed by atoms with Gasteiger partial charge in [0, 0.05) is 15.8 Å². The summed E-state index contributed by atoms with van der Waals surface area (Å²) in [5.41, 5.74) is 4.83. The molecular formula is C21H21ClNO2S-. The van der Waals surface area contributed by atoms with E-state index < -0.39 is 0 Å².